The van der Waals surface area contributed by atoms with Crippen molar-refractivity contribution in [2.75, 3.05) is 5.75 Å². The molecule has 2 aliphatic rings. The van der Waals surface area contributed by atoms with Crippen LogP contribution >= 0.6 is 11.8 Å². The van der Waals surface area contributed by atoms with Crippen LogP contribution in [0, 0.1) is 18.3 Å². The van der Waals surface area contributed by atoms with Gasteiger partial charge in [0.2, 0.25) is 11.6 Å². The highest BCUT2D eigenvalue weighted by molar-refractivity contribution is 8.03. The second kappa shape index (κ2) is 7.72. The third kappa shape index (κ3) is 3.27. The number of rotatable bonds is 3. The number of allylic oxidation sites excluding steroid dienone is 5. The van der Waals surface area contributed by atoms with E-state index in [0.717, 1.165) is 34.6 Å². The van der Waals surface area contributed by atoms with Gasteiger partial charge in [0.1, 0.15) is 5.92 Å². The zero-order valence-corrected chi connectivity index (χ0v) is 15.0. The first kappa shape index (κ1) is 17.5. The second-order valence-corrected chi connectivity index (χ2v) is 7.20. The van der Waals surface area contributed by atoms with Crippen molar-refractivity contribution in [2.45, 2.75) is 25.7 Å². The summed E-state index contributed by atoms with van der Waals surface area (Å²) >= 11 is 1.65. The molecule has 0 bridgehead atoms. The van der Waals surface area contributed by atoms with E-state index in [1.165, 1.54) is 0 Å². The van der Waals surface area contributed by atoms with Gasteiger partial charge < -0.3 is 0 Å². The van der Waals surface area contributed by atoms with Crippen molar-refractivity contribution in [1.29, 1.82) is 0 Å². The molecule has 126 valence electrons. The third-order valence-corrected chi connectivity index (χ3v) is 5.75. The summed E-state index contributed by atoms with van der Waals surface area (Å²) in [6.45, 7) is 2.05. The van der Waals surface area contributed by atoms with Gasteiger partial charge in [-0.1, -0.05) is 61.4 Å². The zero-order chi connectivity index (χ0) is 17.8. The van der Waals surface area contributed by atoms with Crippen LogP contribution in [0.5, 0.6) is 0 Å². The number of carbonyl (C=O) groups is 2. The molecule has 2 nitrogen and oxygen atoms in total. The molecule has 0 saturated heterocycles. The van der Waals surface area contributed by atoms with Crippen molar-refractivity contribution < 1.29 is 9.59 Å². The summed E-state index contributed by atoms with van der Waals surface area (Å²) in [4.78, 5) is 26.4. The monoisotopic (exact) mass is 348 g/mol. The summed E-state index contributed by atoms with van der Waals surface area (Å²) in [5.74, 6) is 1.75. The first-order chi connectivity index (χ1) is 12.2. The van der Waals surface area contributed by atoms with Crippen LogP contribution in [0.3, 0.4) is 0 Å². The van der Waals surface area contributed by atoms with Gasteiger partial charge in [0.05, 0.1) is 0 Å². The molecule has 1 aliphatic heterocycles. The number of ketones is 2. The Hall–Kier alpha value is -2.31. The average molecular weight is 348 g/mol. The Bertz CT molecular complexity index is 821. The number of thioether (sulfide) groups is 1. The van der Waals surface area contributed by atoms with Crippen molar-refractivity contribution in [3.05, 3.63) is 70.2 Å². The number of hydrogen-bond acceptors (Lipinski definition) is 3. The van der Waals surface area contributed by atoms with E-state index in [1.807, 2.05) is 48.6 Å². The smallest absolute Gasteiger partial charge is 0.228 e. The van der Waals surface area contributed by atoms with Crippen LogP contribution in [-0.2, 0) is 9.59 Å². The Balaban J connectivity index is 2.16. The molecule has 0 amide bonds. The lowest BCUT2D eigenvalue weighted by atomic mass is 9.75. The summed E-state index contributed by atoms with van der Waals surface area (Å²) in [5, 5.41) is 0. The molecule has 0 fully saturated rings. The summed E-state index contributed by atoms with van der Waals surface area (Å²) in [7, 11) is 0. The predicted octanol–water partition coefficient (Wildman–Crippen LogP) is 4.46. The lowest BCUT2D eigenvalue weighted by molar-refractivity contribution is -0.135. The summed E-state index contributed by atoms with van der Waals surface area (Å²) < 4.78 is 0. The zero-order valence-electron chi connectivity index (χ0n) is 14.2. The highest BCUT2D eigenvalue weighted by Gasteiger charge is 2.43. The van der Waals surface area contributed by atoms with Gasteiger partial charge in [0.25, 0.3) is 0 Å². The SMILES string of the molecule is C#CC1C(=O)C(=O)C2=C(SCCC2c2ccccc2)/C1=C/C=C\CC. The molecule has 0 radical (unpaired) electrons. The van der Waals surface area contributed by atoms with Crippen LogP contribution in [0.15, 0.2) is 64.6 Å². The minimum Gasteiger partial charge on any atom is -0.289 e. The molecule has 0 spiro atoms. The molecule has 0 saturated carbocycles. The first-order valence-electron chi connectivity index (χ1n) is 8.52. The third-order valence-electron chi connectivity index (χ3n) is 4.57. The number of benzene rings is 1. The number of Topliss-reactive ketones (excluding diaryl/α,β-unsaturated/α-hetero) is 2. The van der Waals surface area contributed by atoms with E-state index in [-0.39, 0.29) is 5.92 Å². The van der Waals surface area contributed by atoms with Crippen LogP contribution in [0.4, 0.5) is 0 Å². The van der Waals surface area contributed by atoms with Crippen LogP contribution in [-0.4, -0.2) is 17.3 Å². The fraction of sp³-hybridized carbons (Fsp3) is 0.273. The Kier molecular flexibility index (Phi) is 5.40. The normalized spacial score (nSPS) is 25.4. The molecule has 1 aliphatic carbocycles. The number of carbonyl (C=O) groups excluding carboxylic acids is 2. The van der Waals surface area contributed by atoms with Gasteiger partial charge in [-0.3, -0.25) is 9.59 Å². The fourth-order valence-electron chi connectivity index (χ4n) is 3.36. The second-order valence-electron chi connectivity index (χ2n) is 6.09. The maximum atomic E-state index is 12.8. The van der Waals surface area contributed by atoms with Crippen molar-refractivity contribution in [2.24, 2.45) is 5.92 Å². The average Bonchev–Trinajstić information content (AvgIpc) is 2.66. The van der Waals surface area contributed by atoms with E-state index in [1.54, 1.807) is 11.8 Å². The molecule has 2 atom stereocenters. The van der Waals surface area contributed by atoms with Gasteiger partial charge in [-0.25, -0.2) is 0 Å². The molecule has 1 aromatic rings. The van der Waals surface area contributed by atoms with Crippen molar-refractivity contribution in [1.82, 2.24) is 0 Å². The number of hydrogen-bond donors (Lipinski definition) is 0. The first-order valence-corrected chi connectivity index (χ1v) is 9.51. The molecule has 25 heavy (non-hydrogen) atoms. The van der Waals surface area contributed by atoms with E-state index in [4.69, 9.17) is 6.42 Å². The van der Waals surface area contributed by atoms with Crippen LogP contribution in [0.25, 0.3) is 0 Å². The molecule has 3 heteroatoms. The predicted molar refractivity (Wildman–Crippen MR) is 103 cm³/mol. The van der Waals surface area contributed by atoms with E-state index in [0.29, 0.717) is 5.57 Å². The lowest BCUT2D eigenvalue weighted by Crippen LogP contribution is -2.35. The molecule has 0 N–H and O–H groups in total. The minimum atomic E-state index is -0.769. The maximum absolute atomic E-state index is 12.8. The highest BCUT2D eigenvalue weighted by atomic mass is 32.2. The molecule has 0 aromatic heterocycles. The molecular weight excluding hydrogens is 328 g/mol. The Labute approximate surface area is 153 Å². The number of terminal acetylenes is 1. The standard InChI is InChI=1S/C22H20O2S/c1-3-5-7-12-18-16(4-2)20(23)21(24)19-17(13-14-25-22(18)19)15-10-8-6-9-11-15/h2,5-12,16-17H,3,13-14H2,1H3/b7-5-,18-12+. The van der Waals surface area contributed by atoms with Crippen molar-refractivity contribution in [3.8, 4) is 12.3 Å². The summed E-state index contributed by atoms with van der Waals surface area (Å²) in [5.41, 5.74) is 2.52. The fourth-order valence-corrected chi connectivity index (χ4v) is 4.66. The van der Waals surface area contributed by atoms with Gasteiger partial charge in [-0.05, 0) is 29.7 Å². The summed E-state index contributed by atoms with van der Waals surface area (Å²) in [6.07, 6.45) is 13.2. The van der Waals surface area contributed by atoms with Gasteiger partial charge >= 0.3 is 0 Å². The summed E-state index contributed by atoms with van der Waals surface area (Å²) in [6, 6.07) is 9.95. The van der Waals surface area contributed by atoms with E-state index >= 15 is 0 Å². The van der Waals surface area contributed by atoms with Crippen LogP contribution in [0.1, 0.15) is 31.2 Å². The lowest BCUT2D eigenvalue weighted by Gasteiger charge is -2.33. The minimum absolute atomic E-state index is 0.0359. The van der Waals surface area contributed by atoms with E-state index in [9.17, 15) is 9.59 Å². The molecule has 1 heterocycles. The van der Waals surface area contributed by atoms with Gasteiger partial charge in [0.15, 0.2) is 0 Å². The van der Waals surface area contributed by atoms with E-state index < -0.39 is 17.5 Å². The molecule has 3 rings (SSSR count). The topological polar surface area (TPSA) is 34.1 Å². The van der Waals surface area contributed by atoms with Crippen LogP contribution < -0.4 is 0 Å². The van der Waals surface area contributed by atoms with E-state index in [2.05, 4.69) is 12.8 Å². The van der Waals surface area contributed by atoms with Gasteiger partial charge in [-0.15, -0.1) is 18.2 Å². The van der Waals surface area contributed by atoms with Gasteiger partial charge in [-0.2, -0.15) is 0 Å². The van der Waals surface area contributed by atoms with Crippen molar-refractivity contribution >= 4 is 23.3 Å². The molecular formula is C22H20O2S. The maximum Gasteiger partial charge on any atom is 0.228 e. The Morgan fingerprint density at radius 2 is 2.04 bits per heavy atom. The van der Waals surface area contributed by atoms with Gasteiger partial charge in [0, 0.05) is 16.4 Å². The molecule has 2 unspecified atom stereocenters. The van der Waals surface area contributed by atoms with Crippen molar-refractivity contribution in [3.63, 3.8) is 0 Å². The largest absolute Gasteiger partial charge is 0.289 e. The molecule has 1 aromatic carbocycles. The Morgan fingerprint density at radius 3 is 2.72 bits per heavy atom. The Morgan fingerprint density at radius 1 is 1.28 bits per heavy atom. The van der Waals surface area contributed by atoms with Crippen LogP contribution in [0.2, 0.25) is 0 Å². The quantitative estimate of drug-likeness (QED) is 0.598. The highest BCUT2D eigenvalue weighted by Crippen LogP contribution is 2.48.